The van der Waals surface area contributed by atoms with Gasteiger partial charge in [-0.15, -0.1) is 0 Å². The SMILES string of the molecule is COc1ccc(N2CCN(C(=O)c3cc(-c4ccc(OC)cc4OC)nn3-c3ccc(Cl)c(Cl)c3)CC2)cc1. The fourth-order valence-electron chi connectivity index (χ4n) is 4.61. The minimum atomic E-state index is -0.123. The van der Waals surface area contributed by atoms with Gasteiger partial charge in [0.15, 0.2) is 0 Å². The molecule has 1 saturated heterocycles. The molecule has 0 spiro atoms. The molecule has 0 unspecified atom stereocenters. The Kier molecular flexibility index (Phi) is 7.86. The number of anilines is 1. The van der Waals surface area contributed by atoms with E-state index in [1.54, 1.807) is 56.3 Å². The van der Waals surface area contributed by atoms with E-state index in [-0.39, 0.29) is 5.91 Å². The molecule has 5 rings (SSSR count). The molecule has 0 radical (unpaired) electrons. The van der Waals surface area contributed by atoms with E-state index >= 15 is 0 Å². The minimum Gasteiger partial charge on any atom is -0.497 e. The summed E-state index contributed by atoms with van der Waals surface area (Å²) < 4.78 is 17.8. The van der Waals surface area contributed by atoms with Crippen LogP contribution in [0.25, 0.3) is 16.9 Å². The second-order valence-electron chi connectivity index (χ2n) is 8.97. The standard InChI is InChI=1S/C29H28Cl2N4O4/c1-37-21-7-4-19(5-8-21)33-12-14-34(15-13-33)29(36)27-18-26(23-10-9-22(38-2)17-28(23)39-3)32-35(27)20-6-11-24(30)25(31)16-20/h4-11,16-18H,12-15H2,1-3H3. The summed E-state index contributed by atoms with van der Waals surface area (Å²) in [6.07, 6.45) is 0. The molecule has 1 fully saturated rings. The molecular weight excluding hydrogens is 539 g/mol. The van der Waals surface area contributed by atoms with Crippen LogP contribution in [-0.2, 0) is 0 Å². The van der Waals surface area contributed by atoms with Crippen LogP contribution in [0.3, 0.4) is 0 Å². The molecule has 0 aliphatic carbocycles. The van der Waals surface area contributed by atoms with Gasteiger partial charge in [-0.05, 0) is 60.7 Å². The first-order valence-corrected chi connectivity index (χ1v) is 13.1. The van der Waals surface area contributed by atoms with Crippen molar-refractivity contribution in [2.24, 2.45) is 0 Å². The van der Waals surface area contributed by atoms with Crippen molar-refractivity contribution in [1.82, 2.24) is 14.7 Å². The number of halogens is 2. The predicted molar refractivity (Wildman–Crippen MR) is 153 cm³/mol. The molecule has 0 bridgehead atoms. The van der Waals surface area contributed by atoms with Gasteiger partial charge in [0.05, 0.1) is 42.8 Å². The first-order valence-electron chi connectivity index (χ1n) is 12.4. The molecule has 4 aromatic rings. The Bertz CT molecular complexity index is 1480. The zero-order chi connectivity index (χ0) is 27.5. The molecule has 1 aliphatic heterocycles. The lowest BCUT2D eigenvalue weighted by Crippen LogP contribution is -2.49. The number of nitrogens with zero attached hydrogens (tertiary/aromatic N) is 4. The van der Waals surface area contributed by atoms with Gasteiger partial charge < -0.3 is 24.0 Å². The van der Waals surface area contributed by atoms with Crippen LogP contribution >= 0.6 is 23.2 Å². The highest BCUT2D eigenvalue weighted by Gasteiger charge is 2.27. The maximum Gasteiger partial charge on any atom is 0.272 e. The summed E-state index contributed by atoms with van der Waals surface area (Å²) >= 11 is 12.5. The van der Waals surface area contributed by atoms with Crippen molar-refractivity contribution in [3.63, 3.8) is 0 Å². The summed E-state index contributed by atoms with van der Waals surface area (Å²) in [5.41, 5.74) is 3.46. The van der Waals surface area contributed by atoms with E-state index < -0.39 is 0 Å². The van der Waals surface area contributed by atoms with Crippen LogP contribution in [0, 0.1) is 0 Å². The highest BCUT2D eigenvalue weighted by molar-refractivity contribution is 6.42. The highest BCUT2D eigenvalue weighted by Crippen LogP contribution is 2.34. The van der Waals surface area contributed by atoms with Gasteiger partial charge in [0.2, 0.25) is 0 Å². The Morgan fingerprint density at radius 2 is 1.41 bits per heavy atom. The van der Waals surface area contributed by atoms with Gasteiger partial charge >= 0.3 is 0 Å². The summed E-state index contributed by atoms with van der Waals surface area (Å²) in [7, 11) is 4.83. The second kappa shape index (κ2) is 11.5. The summed E-state index contributed by atoms with van der Waals surface area (Å²) in [6.45, 7) is 2.55. The number of methoxy groups -OCH3 is 3. The van der Waals surface area contributed by atoms with Gasteiger partial charge in [-0.2, -0.15) is 5.10 Å². The number of amides is 1. The quantitative estimate of drug-likeness (QED) is 0.280. The van der Waals surface area contributed by atoms with Crippen molar-refractivity contribution in [3.05, 3.63) is 82.5 Å². The van der Waals surface area contributed by atoms with Crippen LogP contribution in [-0.4, -0.2) is 68.1 Å². The number of piperazine rings is 1. The second-order valence-corrected chi connectivity index (χ2v) is 9.78. The Morgan fingerprint density at radius 3 is 2.05 bits per heavy atom. The van der Waals surface area contributed by atoms with Crippen molar-refractivity contribution in [2.45, 2.75) is 0 Å². The molecule has 3 aromatic carbocycles. The van der Waals surface area contributed by atoms with Crippen LogP contribution in [0.4, 0.5) is 5.69 Å². The number of ether oxygens (including phenoxy) is 3. The van der Waals surface area contributed by atoms with Gasteiger partial charge in [-0.3, -0.25) is 4.79 Å². The molecule has 0 saturated carbocycles. The average Bonchev–Trinajstić information content (AvgIpc) is 3.43. The fourth-order valence-corrected chi connectivity index (χ4v) is 4.90. The monoisotopic (exact) mass is 566 g/mol. The van der Waals surface area contributed by atoms with Gasteiger partial charge in [-0.25, -0.2) is 4.68 Å². The highest BCUT2D eigenvalue weighted by atomic mass is 35.5. The molecule has 0 N–H and O–H groups in total. The molecule has 8 nitrogen and oxygen atoms in total. The van der Waals surface area contributed by atoms with E-state index in [0.717, 1.165) is 17.0 Å². The van der Waals surface area contributed by atoms with Crippen molar-refractivity contribution >= 4 is 34.8 Å². The number of aromatic nitrogens is 2. The molecule has 2 heterocycles. The van der Waals surface area contributed by atoms with Crippen LogP contribution in [0.15, 0.2) is 66.7 Å². The number of benzene rings is 3. The van der Waals surface area contributed by atoms with Gasteiger partial charge in [0.1, 0.15) is 22.9 Å². The zero-order valence-electron chi connectivity index (χ0n) is 21.9. The molecule has 39 heavy (non-hydrogen) atoms. The summed E-state index contributed by atoms with van der Waals surface area (Å²) in [6, 6.07) is 20.4. The smallest absolute Gasteiger partial charge is 0.272 e. The van der Waals surface area contributed by atoms with Crippen LogP contribution in [0.5, 0.6) is 17.2 Å². The molecule has 202 valence electrons. The Labute approximate surface area is 237 Å². The number of carbonyl (C=O) groups excluding carboxylic acids is 1. The zero-order valence-corrected chi connectivity index (χ0v) is 23.4. The molecule has 1 aromatic heterocycles. The number of rotatable bonds is 7. The van der Waals surface area contributed by atoms with Crippen molar-refractivity contribution < 1.29 is 19.0 Å². The molecule has 1 aliphatic rings. The minimum absolute atomic E-state index is 0.123. The van der Waals surface area contributed by atoms with E-state index in [9.17, 15) is 4.79 Å². The lowest BCUT2D eigenvalue weighted by molar-refractivity contribution is 0.0737. The third-order valence-electron chi connectivity index (χ3n) is 6.77. The third kappa shape index (κ3) is 5.48. The number of hydrogen-bond donors (Lipinski definition) is 0. The van der Waals surface area contributed by atoms with Gasteiger partial charge in [-0.1, -0.05) is 23.2 Å². The average molecular weight is 567 g/mol. The number of hydrogen-bond acceptors (Lipinski definition) is 6. The molecular formula is C29H28Cl2N4O4. The van der Waals surface area contributed by atoms with Crippen LogP contribution in [0.2, 0.25) is 10.0 Å². The third-order valence-corrected chi connectivity index (χ3v) is 7.50. The molecule has 10 heteroatoms. The Hall–Kier alpha value is -3.88. The van der Waals surface area contributed by atoms with E-state index in [1.165, 1.54) is 0 Å². The summed E-state index contributed by atoms with van der Waals surface area (Å²) in [4.78, 5) is 18.0. The normalized spacial score (nSPS) is 13.4. The Balaban J connectivity index is 1.46. The summed E-state index contributed by atoms with van der Waals surface area (Å²) in [5, 5.41) is 5.60. The first kappa shape index (κ1) is 26.7. The number of carbonyl (C=O) groups is 1. The maximum atomic E-state index is 13.9. The van der Waals surface area contributed by atoms with E-state index in [4.69, 9.17) is 42.5 Å². The topological polar surface area (TPSA) is 69.1 Å². The maximum absolute atomic E-state index is 13.9. The first-order chi connectivity index (χ1) is 18.9. The van der Waals surface area contributed by atoms with Crippen LogP contribution in [0.1, 0.15) is 10.5 Å². The lowest BCUT2D eigenvalue weighted by Gasteiger charge is -2.36. The summed E-state index contributed by atoms with van der Waals surface area (Å²) in [5.74, 6) is 1.93. The molecule has 1 amide bonds. The van der Waals surface area contributed by atoms with E-state index in [2.05, 4.69) is 4.90 Å². The van der Waals surface area contributed by atoms with Gasteiger partial charge in [0, 0.05) is 43.5 Å². The lowest BCUT2D eigenvalue weighted by atomic mass is 10.1. The van der Waals surface area contributed by atoms with E-state index in [0.29, 0.717) is 64.8 Å². The molecule has 0 atom stereocenters. The van der Waals surface area contributed by atoms with Crippen molar-refractivity contribution in [1.29, 1.82) is 0 Å². The van der Waals surface area contributed by atoms with Gasteiger partial charge in [0.25, 0.3) is 5.91 Å². The fraction of sp³-hybridized carbons (Fsp3) is 0.241. The van der Waals surface area contributed by atoms with Crippen molar-refractivity contribution in [3.8, 4) is 34.2 Å². The Morgan fingerprint density at radius 1 is 0.744 bits per heavy atom. The largest absolute Gasteiger partial charge is 0.497 e. The van der Waals surface area contributed by atoms with Crippen molar-refractivity contribution in [2.75, 3.05) is 52.4 Å². The van der Waals surface area contributed by atoms with E-state index in [1.807, 2.05) is 41.3 Å². The predicted octanol–water partition coefficient (Wildman–Crippen LogP) is 5.83. The van der Waals surface area contributed by atoms with Crippen LogP contribution < -0.4 is 19.1 Å².